The van der Waals surface area contributed by atoms with Gasteiger partial charge in [0.05, 0.1) is 4.86 Å². The third-order valence-corrected chi connectivity index (χ3v) is 2.41. The van der Waals surface area contributed by atoms with Crippen LogP contribution in [0.25, 0.3) is 0 Å². The molecule has 0 saturated carbocycles. The first kappa shape index (κ1) is 8.22. The van der Waals surface area contributed by atoms with Crippen molar-refractivity contribution in [3.8, 4) is 0 Å². The van der Waals surface area contributed by atoms with Crippen LogP contribution in [0.15, 0.2) is 0 Å². The van der Waals surface area contributed by atoms with Gasteiger partial charge in [-0.15, -0.1) is 0 Å². The Balaban J connectivity index is 3.01. The monoisotopic (exact) mass is 176 g/mol. The third kappa shape index (κ3) is 1.58. The lowest BCUT2D eigenvalue weighted by Gasteiger charge is -2.02. The normalized spacial score (nSPS) is 23.6. The van der Waals surface area contributed by atoms with Crippen LogP contribution >= 0.6 is 0 Å². The van der Waals surface area contributed by atoms with Crippen LogP contribution in [-0.2, 0) is 15.1 Å². The molecule has 62 valence electrons. The Hall–Kier alpha value is -0.880. The van der Waals surface area contributed by atoms with Gasteiger partial charge in [-0.25, -0.2) is 0 Å². The summed E-state index contributed by atoms with van der Waals surface area (Å²) < 4.78 is 20.9. The van der Waals surface area contributed by atoms with Gasteiger partial charge in [0.2, 0.25) is 16.2 Å². The van der Waals surface area contributed by atoms with Crippen LogP contribution in [0.5, 0.6) is 0 Å². The molecule has 1 aliphatic heterocycles. The van der Waals surface area contributed by atoms with Crippen LogP contribution in [0.2, 0.25) is 0 Å². The molecule has 1 heterocycles. The second-order valence-corrected chi connectivity index (χ2v) is 3.23. The fourth-order valence-corrected chi connectivity index (χ4v) is 1.70. The standard InChI is InChI=1S/C5H8N2O3S/c6-5(8)4-3(11(9)10)1-2-7-4/h4,7H,1-2H2,(H2,6,8). The van der Waals surface area contributed by atoms with Gasteiger partial charge in [-0.2, -0.15) is 8.42 Å². The van der Waals surface area contributed by atoms with E-state index in [4.69, 9.17) is 5.73 Å². The number of nitrogens with two attached hydrogens (primary N) is 1. The Kier molecular flexibility index (Phi) is 2.25. The average molecular weight is 176 g/mol. The lowest BCUT2D eigenvalue weighted by molar-refractivity contribution is -0.118. The van der Waals surface area contributed by atoms with E-state index in [2.05, 4.69) is 5.32 Å². The van der Waals surface area contributed by atoms with Crippen molar-refractivity contribution in [2.24, 2.45) is 5.73 Å². The fourth-order valence-electron chi connectivity index (χ4n) is 1.04. The van der Waals surface area contributed by atoms with E-state index in [0.29, 0.717) is 13.0 Å². The van der Waals surface area contributed by atoms with Crippen LogP contribution in [0.4, 0.5) is 0 Å². The number of primary amides is 1. The zero-order chi connectivity index (χ0) is 8.43. The first-order valence-corrected chi connectivity index (χ1v) is 4.18. The van der Waals surface area contributed by atoms with Gasteiger partial charge in [0.25, 0.3) is 0 Å². The maximum atomic E-state index is 10.6. The number of hydrogen-bond acceptors (Lipinski definition) is 4. The van der Waals surface area contributed by atoms with Gasteiger partial charge in [-0.05, 0) is 6.42 Å². The van der Waals surface area contributed by atoms with E-state index >= 15 is 0 Å². The van der Waals surface area contributed by atoms with E-state index in [1.807, 2.05) is 0 Å². The number of carbonyl (C=O) groups is 1. The van der Waals surface area contributed by atoms with Gasteiger partial charge in [-0.3, -0.25) is 4.79 Å². The summed E-state index contributed by atoms with van der Waals surface area (Å²) in [5, 5.41) is 2.68. The van der Waals surface area contributed by atoms with Crippen molar-refractivity contribution in [3.63, 3.8) is 0 Å². The number of amides is 1. The Morgan fingerprint density at radius 3 is 2.64 bits per heavy atom. The molecule has 1 fully saturated rings. The molecule has 6 heteroatoms. The molecule has 0 radical (unpaired) electrons. The number of nitrogens with one attached hydrogen (secondary N) is 1. The summed E-state index contributed by atoms with van der Waals surface area (Å²) in [6, 6.07) is -0.784. The molecule has 0 aromatic heterocycles. The van der Waals surface area contributed by atoms with E-state index in [9.17, 15) is 13.2 Å². The average Bonchev–Trinajstić information content (AvgIpc) is 2.32. The molecule has 1 saturated heterocycles. The van der Waals surface area contributed by atoms with Crippen molar-refractivity contribution in [2.75, 3.05) is 6.54 Å². The largest absolute Gasteiger partial charge is 0.368 e. The van der Waals surface area contributed by atoms with Gasteiger partial charge in [0.1, 0.15) is 6.04 Å². The van der Waals surface area contributed by atoms with E-state index in [-0.39, 0.29) is 4.86 Å². The highest BCUT2D eigenvalue weighted by Crippen LogP contribution is 2.00. The second kappa shape index (κ2) is 3.02. The Labute approximate surface area is 65.1 Å². The minimum atomic E-state index is -2.29. The highest BCUT2D eigenvalue weighted by Gasteiger charge is 2.27. The molecule has 0 spiro atoms. The molecular weight excluding hydrogens is 168 g/mol. The van der Waals surface area contributed by atoms with Crippen molar-refractivity contribution in [2.45, 2.75) is 12.5 Å². The molecule has 1 rings (SSSR count). The van der Waals surface area contributed by atoms with Gasteiger partial charge in [-0.1, -0.05) is 0 Å². The summed E-state index contributed by atoms with van der Waals surface area (Å²) in [6.45, 7) is 0.497. The van der Waals surface area contributed by atoms with Gasteiger partial charge < -0.3 is 11.1 Å². The fraction of sp³-hybridized carbons (Fsp3) is 0.600. The summed E-state index contributed by atoms with van der Waals surface area (Å²) in [6.07, 6.45) is 0.379. The molecule has 0 aliphatic carbocycles. The topological polar surface area (TPSA) is 89.3 Å². The van der Waals surface area contributed by atoms with E-state index in [1.165, 1.54) is 0 Å². The molecule has 1 unspecified atom stereocenters. The van der Waals surface area contributed by atoms with Gasteiger partial charge >= 0.3 is 0 Å². The predicted molar refractivity (Wildman–Crippen MR) is 39.5 cm³/mol. The smallest absolute Gasteiger partial charge is 0.239 e. The van der Waals surface area contributed by atoms with Gasteiger partial charge in [0, 0.05) is 6.54 Å². The van der Waals surface area contributed by atoms with Crippen molar-refractivity contribution >= 4 is 21.1 Å². The van der Waals surface area contributed by atoms with E-state index in [0.717, 1.165) is 0 Å². The predicted octanol–water partition coefficient (Wildman–Crippen LogP) is -2.11. The van der Waals surface area contributed by atoms with Crippen molar-refractivity contribution < 1.29 is 13.2 Å². The van der Waals surface area contributed by atoms with Crippen LogP contribution in [-0.4, -0.2) is 31.8 Å². The SMILES string of the molecule is NC(=O)C1NCCC1=S(=O)=O. The Bertz CT molecular complexity index is 298. The summed E-state index contributed by atoms with van der Waals surface area (Å²) in [5.74, 6) is -0.637. The molecule has 1 aliphatic rings. The Morgan fingerprint density at radius 2 is 2.27 bits per heavy atom. The molecule has 5 nitrogen and oxygen atoms in total. The minimum Gasteiger partial charge on any atom is -0.368 e. The summed E-state index contributed by atoms with van der Waals surface area (Å²) >= 11 is 0. The summed E-state index contributed by atoms with van der Waals surface area (Å²) in [4.78, 5) is 10.7. The highest BCUT2D eigenvalue weighted by molar-refractivity contribution is 7.73. The van der Waals surface area contributed by atoms with Crippen molar-refractivity contribution in [1.82, 2.24) is 5.32 Å². The summed E-state index contributed by atoms with van der Waals surface area (Å²) in [7, 11) is -2.29. The van der Waals surface area contributed by atoms with Crippen molar-refractivity contribution in [1.29, 1.82) is 0 Å². The maximum Gasteiger partial charge on any atom is 0.239 e. The van der Waals surface area contributed by atoms with Crippen LogP contribution in [0.1, 0.15) is 6.42 Å². The maximum absolute atomic E-state index is 10.6. The number of rotatable bonds is 1. The molecule has 11 heavy (non-hydrogen) atoms. The van der Waals surface area contributed by atoms with Crippen LogP contribution in [0.3, 0.4) is 0 Å². The molecule has 0 bridgehead atoms. The molecule has 1 atom stereocenters. The van der Waals surface area contributed by atoms with E-state index in [1.54, 1.807) is 0 Å². The number of hydrogen-bond donors (Lipinski definition) is 2. The van der Waals surface area contributed by atoms with Crippen LogP contribution < -0.4 is 11.1 Å². The molecule has 0 aromatic rings. The Morgan fingerprint density at radius 1 is 1.64 bits per heavy atom. The van der Waals surface area contributed by atoms with E-state index < -0.39 is 22.2 Å². The highest BCUT2D eigenvalue weighted by atomic mass is 32.2. The lowest BCUT2D eigenvalue weighted by Crippen LogP contribution is -2.41. The van der Waals surface area contributed by atoms with Gasteiger partial charge in [0.15, 0.2) is 0 Å². The molecule has 1 amide bonds. The minimum absolute atomic E-state index is 0.164. The molecular formula is C5H8N2O3S. The van der Waals surface area contributed by atoms with Crippen molar-refractivity contribution in [3.05, 3.63) is 0 Å². The molecule has 0 aromatic carbocycles. The summed E-state index contributed by atoms with van der Waals surface area (Å²) in [5.41, 5.74) is 4.93. The quantitative estimate of drug-likeness (QED) is 0.447. The van der Waals surface area contributed by atoms with Crippen LogP contribution in [0, 0.1) is 0 Å². The lowest BCUT2D eigenvalue weighted by atomic mass is 10.2. The first-order valence-electron chi connectivity index (χ1n) is 3.10. The zero-order valence-corrected chi connectivity index (χ0v) is 6.52. The zero-order valence-electron chi connectivity index (χ0n) is 5.70. The second-order valence-electron chi connectivity index (χ2n) is 2.24. The molecule has 3 N–H and O–H groups in total. The first-order chi connectivity index (χ1) is 5.13. The third-order valence-electron chi connectivity index (χ3n) is 1.54. The number of carbonyl (C=O) groups excluding carboxylic acids is 1.